The lowest BCUT2D eigenvalue weighted by atomic mass is 10.3. The highest BCUT2D eigenvalue weighted by Crippen LogP contribution is 2.13. The standard InChI is InChI=1S/C13H24N6/c1-3-5-6-14-13-16-12(11-15-17-13)19-9-7-18(4-2)8-10-19/h11H,3-10H2,1-2H3,(H,14,16,17). The third kappa shape index (κ3) is 4.02. The summed E-state index contributed by atoms with van der Waals surface area (Å²) in [6, 6.07) is 0. The second-order valence-electron chi connectivity index (χ2n) is 4.84. The molecule has 0 unspecified atom stereocenters. The van der Waals surface area contributed by atoms with E-state index in [-0.39, 0.29) is 0 Å². The maximum absolute atomic E-state index is 4.54. The summed E-state index contributed by atoms with van der Waals surface area (Å²) in [5, 5.41) is 11.3. The number of piperazine rings is 1. The van der Waals surface area contributed by atoms with Crippen LogP contribution in [0.1, 0.15) is 26.7 Å². The van der Waals surface area contributed by atoms with Gasteiger partial charge in [-0.2, -0.15) is 10.1 Å². The van der Waals surface area contributed by atoms with E-state index in [1.54, 1.807) is 6.20 Å². The molecule has 1 aromatic heterocycles. The van der Waals surface area contributed by atoms with Crippen molar-refractivity contribution in [3.05, 3.63) is 6.20 Å². The predicted molar refractivity (Wildman–Crippen MR) is 77.6 cm³/mol. The Balaban J connectivity index is 1.91. The van der Waals surface area contributed by atoms with Crippen molar-refractivity contribution in [1.82, 2.24) is 20.1 Å². The van der Waals surface area contributed by atoms with Gasteiger partial charge in [-0.25, -0.2) is 0 Å². The zero-order valence-corrected chi connectivity index (χ0v) is 12.0. The number of hydrogen-bond acceptors (Lipinski definition) is 6. The zero-order valence-electron chi connectivity index (χ0n) is 12.0. The van der Waals surface area contributed by atoms with Crippen LogP contribution < -0.4 is 10.2 Å². The lowest BCUT2D eigenvalue weighted by Crippen LogP contribution is -2.46. The summed E-state index contributed by atoms with van der Waals surface area (Å²) in [7, 11) is 0. The molecule has 1 aliphatic rings. The molecule has 1 aromatic rings. The van der Waals surface area contributed by atoms with Crippen LogP contribution in [-0.4, -0.2) is 59.3 Å². The number of unbranched alkanes of at least 4 members (excludes halogenated alkanes) is 1. The fourth-order valence-corrected chi connectivity index (χ4v) is 2.19. The molecule has 1 saturated heterocycles. The molecule has 0 radical (unpaired) electrons. The fourth-order valence-electron chi connectivity index (χ4n) is 2.19. The first-order chi connectivity index (χ1) is 9.33. The molecule has 106 valence electrons. The van der Waals surface area contributed by atoms with Gasteiger partial charge in [-0.05, 0) is 13.0 Å². The van der Waals surface area contributed by atoms with Crippen molar-refractivity contribution in [2.75, 3.05) is 49.5 Å². The summed E-state index contributed by atoms with van der Waals surface area (Å²) >= 11 is 0. The number of aromatic nitrogens is 3. The van der Waals surface area contributed by atoms with Gasteiger partial charge in [0.05, 0.1) is 6.20 Å². The summed E-state index contributed by atoms with van der Waals surface area (Å²) in [4.78, 5) is 9.28. The summed E-state index contributed by atoms with van der Waals surface area (Å²) in [5.74, 6) is 1.58. The Kier molecular flexibility index (Phi) is 5.32. The van der Waals surface area contributed by atoms with E-state index in [1.807, 2.05) is 0 Å². The summed E-state index contributed by atoms with van der Waals surface area (Å²) < 4.78 is 0. The molecular formula is C13H24N6. The second-order valence-corrected chi connectivity index (χ2v) is 4.84. The molecular weight excluding hydrogens is 240 g/mol. The molecule has 1 fully saturated rings. The molecule has 0 atom stereocenters. The number of nitrogens with one attached hydrogen (secondary N) is 1. The number of rotatable bonds is 6. The summed E-state index contributed by atoms with van der Waals surface area (Å²) in [6.45, 7) is 10.6. The zero-order chi connectivity index (χ0) is 13.5. The van der Waals surface area contributed by atoms with Gasteiger partial charge in [-0.15, -0.1) is 5.10 Å². The molecule has 19 heavy (non-hydrogen) atoms. The first kappa shape index (κ1) is 14.0. The van der Waals surface area contributed by atoms with Crippen molar-refractivity contribution in [3.8, 4) is 0 Å². The van der Waals surface area contributed by atoms with Crippen LogP contribution in [0.25, 0.3) is 0 Å². The Morgan fingerprint density at radius 2 is 2.00 bits per heavy atom. The Bertz CT molecular complexity index is 375. The first-order valence-corrected chi connectivity index (χ1v) is 7.24. The van der Waals surface area contributed by atoms with Crippen LogP contribution in [0.4, 0.5) is 11.8 Å². The van der Waals surface area contributed by atoms with Gasteiger partial charge in [-0.1, -0.05) is 20.3 Å². The molecule has 1 N–H and O–H groups in total. The Morgan fingerprint density at radius 3 is 2.68 bits per heavy atom. The van der Waals surface area contributed by atoms with E-state index in [1.165, 1.54) is 6.42 Å². The molecule has 2 heterocycles. The minimum Gasteiger partial charge on any atom is -0.353 e. The van der Waals surface area contributed by atoms with Gasteiger partial charge in [0.25, 0.3) is 0 Å². The lowest BCUT2D eigenvalue weighted by Gasteiger charge is -2.34. The molecule has 0 amide bonds. The Morgan fingerprint density at radius 1 is 1.21 bits per heavy atom. The number of likely N-dealkylation sites (N-methyl/N-ethyl adjacent to an activating group) is 1. The van der Waals surface area contributed by atoms with Crippen LogP contribution in [-0.2, 0) is 0 Å². The molecule has 6 nitrogen and oxygen atoms in total. The van der Waals surface area contributed by atoms with Crippen LogP contribution in [0.5, 0.6) is 0 Å². The van der Waals surface area contributed by atoms with Crippen LogP contribution in [0.15, 0.2) is 6.20 Å². The summed E-state index contributed by atoms with van der Waals surface area (Å²) in [5.41, 5.74) is 0. The smallest absolute Gasteiger partial charge is 0.244 e. The molecule has 6 heteroatoms. The average Bonchev–Trinajstić information content (AvgIpc) is 2.48. The number of anilines is 2. The third-order valence-corrected chi connectivity index (χ3v) is 3.50. The van der Waals surface area contributed by atoms with Crippen LogP contribution >= 0.6 is 0 Å². The Labute approximate surface area is 115 Å². The molecule has 2 rings (SSSR count). The van der Waals surface area contributed by atoms with Gasteiger partial charge in [0.2, 0.25) is 5.95 Å². The normalized spacial score (nSPS) is 16.6. The largest absolute Gasteiger partial charge is 0.353 e. The van der Waals surface area contributed by atoms with Crippen molar-refractivity contribution in [2.24, 2.45) is 0 Å². The maximum atomic E-state index is 4.54. The van der Waals surface area contributed by atoms with E-state index < -0.39 is 0 Å². The Hall–Kier alpha value is -1.43. The second kappa shape index (κ2) is 7.23. The predicted octanol–water partition coefficient (Wildman–Crippen LogP) is 1.23. The van der Waals surface area contributed by atoms with Crippen molar-refractivity contribution in [3.63, 3.8) is 0 Å². The topological polar surface area (TPSA) is 57.2 Å². The van der Waals surface area contributed by atoms with E-state index in [0.29, 0.717) is 5.95 Å². The fraction of sp³-hybridized carbons (Fsp3) is 0.769. The van der Waals surface area contributed by atoms with E-state index in [0.717, 1.165) is 51.5 Å². The van der Waals surface area contributed by atoms with Crippen molar-refractivity contribution in [1.29, 1.82) is 0 Å². The van der Waals surface area contributed by atoms with Crippen molar-refractivity contribution >= 4 is 11.8 Å². The minimum absolute atomic E-state index is 0.642. The lowest BCUT2D eigenvalue weighted by molar-refractivity contribution is 0.270. The third-order valence-electron chi connectivity index (χ3n) is 3.50. The minimum atomic E-state index is 0.642. The van der Waals surface area contributed by atoms with E-state index >= 15 is 0 Å². The quantitative estimate of drug-likeness (QED) is 0.780. The van der Waals surface area contributed by atoms with Crippen molar-refractivity contribution < 1.29 is 0 Å². The number of nitrogens with zero attached hydrogens (tertiary/aromatic N) is 5. The van der Waals surface area contributed by atoms with E-state index in [9.17, 15) is 0 Å². The highest BCUT2D eigenvalue weighted by molar-refractivity contribution is 5.40. The van der Waals surface area contributed by atoms with E-state index in [4.69, 9.17) is 0 Å². The monoisotopic (exact) mass is 264 g/mol. The SMILES string of the molecule is CCCCNc1nncc(N2CCN(CC)CC2)n1. The van der Waals surface area contributed by atoms with Gasteiger partial charge >= 0.3 is 0 Å². The van der Waals surface area contributed by atoms with Crippen LogP contribution in [0.3, 0.4) is 0 Å². The van der Waals surface area contributed by atoms with Crippen molar-refractivity contribution in [2.45, 2.75) is 26.7 Å². The molecule has 0 saturated carbocycles. The molecule has 0 bridgehead atoms. The van der Waals surface area contributed by atoms with Gasteiger partial charge < -0.3 is 15.1 Å². The highest BCUT2D eigenvalue weighted by atomic mass is 15.3. The maximum Gasteiger partial charge on any atom is 0.244 e. The van der Waals surface area contributed by atoms with Gasteiger partial charge in [-0.3, -0.25) is 0 Å². The molecule has 0 aromatic carbocycles. The average molecular weight is 264 g/mol. The molecule has 0 aliphatic carbocycles. The summed E-state index contributed by atoms with van der Waals surface area (Å²) in [6.07, 6.45) is 4.05. The van der Waals surface area contributed by atoms with Gasteiger partial charge in [0.1, 0.15) is 0 Å². The van der Waals surface area contributed by atoms with E-state index in [2.05, 4.69) is 44.1 Å². The number of hydrogen-bond donors (Lipinski definition) is 1. The van der Waals surface area contributed by atoms with Crippen LogP contribution in [0, 0.1) is 0 Å². The van der Waals surface area contributed by atoms with Crippen LogP contribution in [0.2, 0.25) is 0 Å². The van der Waals surface area contributed by atoms with Gasteiger partial charge in [0.15, 0.2) is 5.82 Å². The van der Waals surface area contributed by atoms with Gasteiger partial charge in [0, 0.05) is 32.7 Å². The highest BCUT2D eigenvalue weighted by Gasteiger charge is 2.17. The molecule has 1 aliphatic heterocycles. The molecule has 0 spiro atoms. The first-order valence-electron chi connectivity index (χ1n) is 7.24.